The van der Waals surface area contributed by atoms with Crippen LogP contribution in [0.2, 0.25) is 0 Å². The van der Waals surface area contributed by atoms with Gasteiger partial charge in [-0.3, -0.25) is 4.98 Å². The largest absolute Gasteiger partial charge is 0.383 e. The number of allylic oxidation sites excluding steroid dienone is 3. The van der Waals surface area contributed by atoms with E-state index in [4.69, 9.17) is 0 Å². The van der Waals surface area contributed by atoms with Crippen LogP contribution >= 0.6 is 0 Å². The summed E-state index contributed by atoms with van der Waals surface area (Å²) in [5.74, 6) is 0. The molecule has 41 heavy (non-hydrogen) atoms. The molecule has 3 aromatic rings. The Morgan fingerprint density at radius 3 is 2.49 bits per heavy atom. The zero-order valence-electron chi connectivity index (χ0n) is 24.5. The number of pyridine rings is 1. The summed E-state index contributed by atoms with van der Waals surface area (Å²) in [5, 5.41) is 46.2. The first-order valence-electron chi connectivity index (χ1n) is 13.6. The standard InChI is InChI=1S/C32H35N9/c1-8-9-22(14-33)20(2)21(3)28(27-18-41(40-39-27)32(7)10-11-32)38-25-12-23(15-34)29-26(13-25)30(24(16-35)17-36-29)37-19-31(4,5)6/h8-9,12-13,17-18,28,38H,3,10-11,19H2,1-2,4-7H3,(H,36,37)/b9-8-,22-20+/t28-/m0/s1. The van der Waals surface area contributed by atoms with Gasteiger partial charge in [0, 0.05) is 23.8 Å². The number of anilines is 2. The first-order chi connectivity index (χ1) is 19.4. The molecule has 0 unspecified atom stereocenters. The van der Waals surface area contributed by atoms with Crippen LogP contribution in [0.1, 0.15) is 77.2 Å². The van der Waals surface area contributed by atoms with Crippen molar-refractivity contribution in [1.82, 2.24) is 20.0 Å². The maximum absolute atomic E-state index is 10.1. The Kier molecular flexibility index (Phi) is 7.99. The van der Waals surface area contributed by atoms with Gasteiger partial charge in [0.2, 0.25) is 0 Å². The SMILES string of the molecule is C=C(/C(C)=C(C#N)\C=C/C)[C@H](Nc1cc(C#N)c2ncc(C#N)c(NCC(C)(C)C)c2c1)c1cn(C2(C)CC2)nn1. The Morgan fingerprint density at radius 1 is 1.20 bits per heavy atom. The molecule has 1 aliphatic rings. The van der Waals surface area contributed by atoms with Crippen LogP contribution < -0.4 is 10.6 Å². The van der Waals surface area contributed by atoms with Crippen LogP contribution in [0, 0.1) is 39.4 Å². The van der Waals surface area contributed by atoms with Crippen molar-refractivity contribution in [2.75, 3.05) is 17.2 Å². The van der Waals surface area contributed by atoms with Crippen LogP contribution in [0.5, 0.6) is 0 Å². The molecule has 1 aromatic carbocycles. The fourth-order valence-electron chi connectivity index (χ4n) is 4.49. The third-order valence-electron chi connectivity index (χ3n) is 7.34. The number of benzene rings is 1. The summed E-state index contributed by atoms with van der Waals surface area (Å²) in [6.45, 7) is 17.2. The highest BCUT2D eigenvalue weighted by atomic mass is 15.5. The van der Waals surface area contributed by atoms with E-state index < -0.39 is 6.04 Å². The van der Waals surface area contributed by atoms with E-state index in [2.05, 4.69) is 78.4 Å². The number of fused-ring (bicyclic) bond motifs is 1. The molecule has 2 heterocycles. The fraction of sp³-hybridized carbons (Fsp3) is 0.375. The minimum absolute atomic E-state index is 0.0433. The van der Waals surface area contributed by atoms with Crippen LogP contribution in [-0.2, 0) is 5.54 Å². The molecule has 9 nitrogen and oxygen atoms in total. The molecule has 1 fully saturated rings. The van der Waals surface area contributed by atoms with Gasteiger partial charge in [-0.15, -0.1) is 5.10 Å². The molecule has 0 amide bonds. The lowest BCUT2D eigenvalue weighted by Gasteiger charge is -2.23. The number of nitriles is 3. The predicted molar refractivity (Wildman–Crippen MR) is 161 cm³/mol. The topological polar surface area (TPSA) is 139 Å². The van der Waals surface area contributed by atoms with Crippen molar-refractivity contribution in [1.29, 1.82) is 15.8 Å². The van der Waals surface area contributed by atoms with Crippen molar-refractivity contribution < 1.29 is 0 Å². The van der Waals surface area contributed by atoms with Crippen LogP contribution in [0.25, 0.3) is 10.9 Å². The number of hydrogen-bond donors (Lipinski definition) is 2. The highest BCUT2D eigenvalue weighted by Gasteiger charge is 2.41. The van der Waals surface area contributed by atoms with E-state index in [1.807, 2.05) is 36.9 Å². The molecule has 1 saturated carbocycles. The molecule has 0 spiro atoms. The summed E-state index contributed by atoms with van der Waals surface area (Å²) in [6.07, 6.45) is 9.05. The van der Waals surface area contributed by atoms with E-state index in [1.54, 1.807) is 12.1 Å². The number of hydrogen-bond acceptors (Lipinski definition) is 8. The van der Waals surface area contributed by atoms with E-state index in [0.717, 1.165) is 18.4 Å². The minimum atomic E-state index is -0.540. The summed E-state index contributed by atoms with van der Waals surface area (Å²) < 4.78 is 1.89. The normalized spacial score (nSPS) is 15.4. The average molecular weight is 546 g/mol. The Morgan fingerprint density at radius 2 is 1.90 bits per heavy atom. The molecule has 1 aliphatic carbocycles. The molecule has 2 N–H and O–H groups in total. The van der Waals surface area contributed by atoms with E-state index in [1.165, 1.54) is 6.20 Å². The Hall–Kier alpha value is -4.94. The third kappa shape index (κ3) is 6.13. The molecule has 0 bridgehead atoms. The summed E-state index contributed by atoms with van der Waals surface area (Å²) >= 11 is 0. The Bertz CT molecular complexity index is 1690. The highest BCUT2D eigenvalue weighted by Crippen LogP contribution is 2.43. The molecular formula is C32H35N9. The molecule has 0 saturated heterocycles. The number of aromatic nitrogens is 4. The van der Waals surface area contributed by atoms with E-state index in [0.29, 0.717) is 56.8 Å². The molecular weight excluding hydrogens is 510 g/mol. The van der Waals surface area contributed by atoms with Crippen molar-refractivity contribution in [3.63, 3.8) is 0 Å². The third-order valence-corrected chi connectivity index (χ3v) is 7.34. The van der Waals surface area contributed by atoms with Crippen molar-refractivity contribution >= 4 is 22.3 Å². The van der Waals surface area contributed by atoms with Crippen LogP contribution in [0.3, 0.4) is 0 Å². The molecule has 1 atom stereocenters. The molecule has 0 aliphatic heterocycles. The van der Waals surface area contributed by atoms with Gasteiger partial charge >= 0.3 is 0 Å². The fourth-order valence-corrected chi connectivity index (χ4v) is 4.49. The number of nitrogens with one attached hydrogen (secondary N) is 2. The van der Waals surface area contributed by atoms with Gasteiger partial charge in [0.05, 0.1) is 51.8 Å². The summed E-state index contributed by atoms with van der Waals surface area (Å²) in [4.78, 5) is 4.45. The quantitative estimate of drug-likeness (QED) is 0.225. The lowest BCUT2D eigenvalue weighted by Crippen LogP contribution is -2.20. The van der Waals surface area contributed by atoms with Gasteiger partial charge in [0.1, 0.15) is 17.8 Å². The maximum Gasteiger partial charge on any atom is 0.109 e. The first-order valence-corrected chi connectivity index (χ1v) is 13.6. The Balaban J connectivity index is 1.86. The van der Waals surface area contributed by atoms with Crippen molar-refractivity contribution in [2.45, 2.75) is 66.0 Å². The van der Waals surface area contributed by atoms with Crippen LogP contribution in [0.4, 0.5) is 11.4 Å². The number of nitrogens with zero attached hydrogens (tertiary/aromatic N) is 7. The second-order valence-corrected chi connectivity index (χ2v) is 11.9. The second kappa shape index (κ2) is 11.3. The van der Waals surface area contributed by atoms with Crippen LogP contribution in [0.15, 0.2) is 60.0 Å². The van der Waals surface area contributed by atoms with Gasteiger partial charge in [-0.1, -0.05) is 38.6 Å². The monoisotopic (exact) mass is 545 g/mol. The summed E-state index contributed by atoms with van der Waals surface area (Å²) in [6, 6.07) is 9.82. The average Bonchev–Trinajstić information content (AvgIpc) is 3.50. The summed E-state index contributed by atoms with van der Waals surface area (Å²) in [7, 11) is 0. The van der Waals surface area contributed by atoms with Crippen molar-refractivity contribution in [2.24, 2.45) is 5.41 Å². The van der Waals surface area contributed by atoms with Gasteiger partial charge in [-0.2, -0.15) is 15.8 Å². The maximum atomic E-state index is 10.1. The van der Waals surface area contributed by atoms with Gasteiger partial charge in [-0.25, -0.2) is 4.68 Å². The van der Waals surface area contributed by atoms with Crippen molar-refractivity contribution in [3.8, 4) is 18.2 Å². The predicted octanol–water partition coefficient (Wildman–Crippen LogP) is 6.66. The zero-order valence-corrected chi connectivity index (χ0v) is 24.5. The lowest BCUT2D eigenvalue weighted by atomic mass is 9.94. The molecule has 2 aromatic heterocycles. The summed E-state index contributed by atoms with van der Waals surface area (Å²) in [5.41, 5.74) is 4.96. The van der Waals surface area contributed by atoms with Gasteiger partial charge in [0.25, 0.3) is 0 Å². The van der Waals surface area contributed by atoms with Gasteiger partial charge in [0.15, 0.2) is 0 Å². The van der Waals surface area contributed by atoms with E-state index >= 15 is 0 Å². The van der Waals surface area contributed by atoms with E-state index in [9.17, 15) is 15.8 Å². The van der Waals surface area contributed by atoms with E-state index in [-0.39, 0.29) is 11.0 Å². The van der Waals surface area contributed by atoms with Crippen LogP contribution in [-0.4, -0.2) is 26.5 Å². The second-order valence-electron chi connectivity index (χ2n) is 11.9. The minimum Gasteiger partial charge on any atom is -0.383 e. The zero-order chi connectivity index (χ0) is 29.9. The highest BCUT2D eigenvalue weighted by molar-refractivity contribution is 5.99. The van der Waals surface area contributed by atoms with Gasteiger partial charge < -0.3 is 10.6 Å². The number of rotatable bonds is 9. The van der Waals surface area contributed by atoms with Gasteiger partial charge in [-0.05, 0) is 68.4 Å². The lowest BCUT2D eigenvalue weighted by molar-refractivity contribution is 0.443. The molecule has 4 rings (SSSR count). The molecule has 9 heteroatoms. The smallest absolute Gasteiger partial charge is 0.109 e. The first kappa shape index (κ1) is 29.1. The Labute approximate surface area is 241 Å². The molecule has 0 radical (unpaired) electrons. The van der Waals surface area contributed by atoms with Crippen molar-refractivity contribution in [3.05, 3.63) is 76.8 Å². The molecule has 208 valence electrons.